The second-order valence-corrected chi connectivity index (χ2v) is 4.87. The first kappa shape index (κ1) is 15.9. The van der Waals surface area contributed by atoms with Gasteiger partial charge in [0.2, 0.25) is 5.91 Å². The summed E-state index contributed by atoms with van der Waals surface area (Å²) in [5.74, 6) is -1.50. The minimum absolute atomic E-state index is 0.0385. The van der Waals surface area contributed by atoms with E-state index in [2.05, 4.69) is 5.32 Å². The summed E-state index contributed by atoms with van der Waals surface area (Å²) >= 11 is 0. The zero-order valence-electron chi connectivity index (χ0n) is 12.4. The lowest BCUT2D eigenvalue weighted by atomic mass is 10.2. The van der Waals surface area contributed by atoms with E-state index in [0.29, 0.717) is 13.1 Å². The van der Waals surface area contributed by atoms with Crippen LogP contribution in [0.2, 0.25) is 0 Å². The Labute approximate surface area is 128 Å². The van der Waals surface area contributed by atoms with Crippen LogP contribution >= 0.6 is 0 Å². The maximum Gasteiger partial charge on any atom is 0.242 e. The topological polar surface area (TPSA) is 32.3 Å². The van der Waals surface area contributed by atoms with Crippen LogP contribution in [0.4, 0.5) is 14.5 Å². The summed E-state index contributed by atoms with van der Waals surface area (Å²) in [5.41, 5.74) is 1.15. The Morgan fingerprint density at radius 2 is 1.86 bits per heavy atom. The van der Waals surface area contributed by atoms with E-state index < -0.39 is 11.6 Å². The Morgan fingerprint density at radius 1 is 1.14 bits per heavy atom. The number of anilines is 1. The number of amides is 1. The molecule has 2 aromatic carbocycles. The lowest BCUT2D eigenvalue weighted by Gasteiger charge is -2.21. The number of hydrogen-bond donors (Lipinski definition) is 1. The van der Waals surface area contributed by atoms with Gasteiger partial charge in [-0.1, -0.05) is 30.3 Å². The van der Waals surface area contributed by atoms with Crippen LogP contribution in [0, 0.1) is 11.6 Å². The summed E-state index contributed by atoms with van der Waals surface area (Å²) < 4.78 is 26.3. The molecule has 2 aromatic rings. The Bertz CT molecular complexity index is 632. The van der Waals surface area contributed by atoms with Gasteiger partial charge in [-0.05, 0) is 24.6 Å². The molecule has 0 heterocycles. The molecule has 3 nitrogen and oxygen atoms in total. The monoisotopic (exact) mass is 304 g/mol. The minimum Gasteiger partial charge on any atom is -0.374 e. The number of carbonyl (C=O) groups is 1. The number of nitrogens with zero attached hydrogens (tertiary/aromatic N) is 1. The molecule has 5 heteroatoms. The van der Waals surface area contributed by atoms with Crippen molar-refractivity contribution in [1.82, 2.24) is 4.90 Å². The number of rotatable bonds is 6. The SMILES string of the molecule is CCN(Cc1ccccc1)C(=O)CNc1ccc(F)cc1F. The van der Waals surface area contributed by atoms with Gasteiger partial charge in [-0.2, -0.15) is 0 Å². The third kappa shape index (κ3) is 4.28. The normalized spacial score (nSPS) is 10.3. The number of hydrogen-bond acceptors (Lipinski definition) is 2. The van der Waals surface area contributed by atoms with Gasteiger partial charge in [0, 0.05) is 19.2 Å². The van der Waals surface area contributed by atoms with E-state index in [1.807, 2.05) is 37.3 Å². The first-order valence-electron chi connectivity index (χ1n) is 7.10. The number of likely N-dealkylation sites (N-methyl/N-ethyl adjacent to an activating group) is 1. The number of carbonyl (C=O) groups excluding carboxylic acids is 1. The third-order valence-corrected chi connectivity index (χ3v) is 3.31. The van der Waals surface area contributed by atoms with E-state index in [4.69, 9.17) is 0 Å². The third-order valence-electron chi connectivity index (χ3n) is 3.31. The van der Waals surface area contributed by atoms with Crippen LogP contribution in [-0.2, 0) is 11.3 Å². The molecular formula is C17H18F2N2O. The Morgan fingerprint density at radius 3 is 2.50 bits per heavy atom. The van der Waals surface area contributed by atoms with Crippen molar-refractivity contribution in [3.63, 3.8) is 0 Å². The Kier molecular flexibility index (Phi) is 5.47. The van der Waals surface area contributed by atoms with E-state index in [0.717, 1.165) is 17.7 Å². The van der Waals surface area contributed by atoms with Crippen molar-refractivity contribution in [2.75, 3.05) is 18.4 Å². The molecule has 0 aromatic heterocycles. The van der Waals surface area contributed by atoms with Gasteiger partial charge in [0.25, 0.3) is 0 Å². The van der Waals surface area contributed by atoms with Gasteiger partial charge in [0.1, 0.15) is 11.6 Å². The molecule has 1 N–H and O–H groups in total. The van der Waals surface area contributed by atoms with Crippen LogP contribution < -0.4 is 5.32 Å². The van der Waals surface area contributed by atoms with E-state index in [-0.39, 0.29) is 18.1 Å². The summed E-state index contributed by atoms with van der Waals surface area (Å²) in [6, 6.07) is 12.9. The van der Waals surface area contributed by atoms with Crippen molar-refractivity contribution in [3.05, 3.63) is 65.7 Å². The van der Waals surface area contributed by atoms with Gasteiger partial charge < -0.3 is 10.2 Å². The van der Waals surface area contributed by atoms with E-state index in [1.54, 1.807) is 4.90 Å². The van der Waals surface area contributed by atoms with Gasteiger partial charge in [0.05, 0.1) is 12.2 Å². The number of halogens is 2. The molecule has 0 saturated carbocycles. The van der Waals surface area contributed by atoms with Gasteiger partial charge in [-0.25, -0.2) is 8.78 Å². The molecule has 0 fully saturated rings. The molecule has 0 saturated heterocycles. The van der Waals surface area contributed by atoms with Crippen molar-refractivity contribution >= 4 is 11.6 Å². The van der Waals surface area contributed by atoms with Crippen LogP contribution in [0.1, 0.15) is 12.5 Å². The Balaban J connectivity index is 1.94. The molecule has 22 heavy (non-hydrogen) atoms. The number of benzene rings is 2. The predicted molar refractivity (Wildman–Crippen MR) is 82.4 cm³/mol. The molecule has 0 aliphatic carbocycles. The molecule has 1 amide bonds. The highest BCUT2D eigenvalue weighted by Gasteiger charge is 2.13. The molecule has 0 unspecified atom stereocenters. The van der Waals surface area contributed by atoms with Gasteiger partial charge >= 0.3 is 0 Å². The fraction of sp³-hybridized carbons (Fsp3) is 0.235. The summed E-state index contributed by atoms with van der Waals surface area (Å²) in [4.78, 5) is 13.9. The van der Waals surface area contributed by atoms with Crippen molar-refractivity contribution in [3.8, 4) is 0 Å². The lowest BCUT2D eigenvalue weighted by Crippen LogP contribution is -2.35. The average Bonchev–Trinajstić information content (AvgIpc) is 2.52. The van der Waals surface area contributed by atoms with Crippen LogP contribution in [0.25, 0.3) is 0 Å². The van der Waals surface area contributed by atoms with Gasteiger partial charge in [-0.3, -0.25) is 4.79 Å². The molecule has 0 atom stereocenters. The molecule has 0 radical (unpaired) electrons. The number of nitrogens with one attached hydrogen (secondary N) is 1. The van der Waals surface area contributed by atoms with E-state index in [9.17, 15) is 13.6 Å². The summed E-state index contributed by atoms with van der Waals surface area (Å²) in [6.45, 7) is 2.91. The van der Waals surface area contributed by atoms with Crippen molar-refractivity contribution < 1.29 is 13.6 Å². The molecule has 0 bridgehead atoms. The second kappa shape index (κ2) is 7.54. The molecule has 0 aliphatic rings. The zero-order chi connectivity index (χ0) is 15.9. The maximum absolute atomic E-state index is 13.5. The van der Waals surface area contributed by atoms with E-state index in [1.165, 1.54) is 6.07 Å². The quantitative estimate of drug-likeness (QED) is 0.887. The summed E-state index contributed by atoms with van der Waals surface area (Å²) in [6.07, 6.45) is 0. The van der Waals surface area contributed by atoms with Crippen molar-refractivity contribution in [1.29, 1.82) is 0 Å². The highest BCUT2D eigenvalue weighted by molar-refractivity contribution is 5.80. The van der Waals surface area contributed by atoms with E-state index >= 15 is 0 Å². The van der Waals surface area contributed by atoms with Crippen LogP contribution in [0.5, 0.6) is 0 Å². The summed E-state index contributed by atoms with van der Waals surface area (Å²) in [5, 5.41) is 2.71. The highest BCUT2D eigenvalue weighted by atomic mass is 19.1. The van der Waals surface area contributed by atoms with Crippen molar-refractivity contribution in [2.24, 2.45) is 0 Å². The first-order valence-corrected chi connectivity index (χ1v) is 7.10. The van der Waals surface area contributed by atoms with Gasteiger partial charge in [0.15, 0.2) is 0 Å². The van der Waals surface area contributed by atoms with Crippen LogP contribution in [-0.4, -0.2) is 23.9 Å². The van der Waals surface area contributed by atoms with Gasteiger partial charge in [-0.15, -0.1) is 0 Å². The predicted octanol–water partition coefficient (Wildman–Crippen LogP) is 3.43. The maximum atomic E-state index is 13.5. The highest BCUT2D eigenvalue weighted by Crippen LogP contribution is 2.14. The largest absolute Gasteiger partial charge is 0.374 e. The zero-order valence-corrected chi connectivity index (χ0v) is 12.4. The minimum atomic E-state index is -0.709. The summed E-state index contributed by atoms with van der Waals surface area (Å²) in [7, 11) is 0. The molecule has 0 aliphatic heterocycles. The molecular weight excluding hydrogens is 286 g/mol. The smallest absolute Gasteiger partial charge is 0.242 e. The lowest BCUT2D eigenvalue weighted by molar-refractivity contribution is -0.129. The fourth-order valence-corrected chi connectivity index (χ4v) is 2.10. The fourth-order valence-electron chi connectivity index (χ4n) is 2.10. The van der Waals surface area contributed by atoms with Crippen LogP contribution in [0.15, 0.2) is 48.5 Å². The molecule has 2 rings (SSSR count). The average molecular weight is 304 g/mol. The first-order chi connectivity index (χ1) is 10.6. The second-order valence-electron chi connectivity index (χ2n) is 4.87. The molecule has 116 valence electrons. The Hall–Kier alpha value is -2.43. The molecule has 0 spiro atoms. The van der Waals surface area contributed by atoms with Crippen molar-refractivity contribution in [2.45, 2.75) is 13.5 Å². The standard InChI is InChI=1S/C17H18F2N2O/c1-2-21(12-13-6-4-3-5-7-13)17(22)11-20-16-9-8-14(18)10-15(16)19/h3-10,20H,2,11-12H2,1H3. The van der Waals surface area contributed by atoms with Crippen LogP contribution in [0.3, 0.4) is 0 Å².